The zero-order chi connectivity index (χ0) is 18.7. The standard InChI is InChI=1S/C18H20N4O4/c1-3-21-16-14(7-4-8-19-16)22(18(25)17(21)24)11-15(23)20-12(2)10-13-6-5-9-26-13/h4-9,12H,3,10-11H2,1-2H3,(H,20,23). The van der Waals surface area contributed by atoms with Gasteiger partial charge in [-0.25, -0.2) is 4.98 Å². The Bertz CT molecular complexity index is 1030. The fourth-order valence-electron chi connectivity index (χ4n) is 2.94. The number of amides is 1. The van der Waals surface area contributed by atoms with Crippen molar-refractivity contribution < 1.29 is 9.21 Å². The predicted octanol–water partition coefficient (Wildman–Crippen LogP) is 0.919. The maximum Gasteiger partial charge on any atom is 0.318 e. The molecule has 136 valence electrons. The van der Waals surface area contributed by atoms with E-state index in [2.05, 4.69) is 10.3 Å². The molecule has 3 aromatic heterocycles. The number of aromatic nitrogens is 3. The van der Waals surface area contributed by atoms with Crippen LogP contribution in [-0.4, -0.2) is 26.1 Å². The molecule has 1 atom stereocenters. The van der Waals surface area contributed by atoms with Gasteiger partial charge in [0.05, 0.1) is 11.8 Å². The van der Waals surface area contributed by atoms with E-state index >= 15 is 0 Å². The molecule has 1 unspecified atom stereocenters. The number of nitrogens with one attached hydrogen (secondary N) is 1. The topological polar surface area (TPSA) is 99.1 Å². The zero-order valence-electron chi connectivity index (χ0n) is 14.6. The zero-order valence-corrected chi connectivity index (χ0v) is 14.6. The fraction of sp³-hybridized carbons (Fsp3) is 0.333. The van der Waals surface area contributed by atoms with Crippen LogP contribution in [0.25, 0.3) is 11.2 Å². The number of carbonyl (C=O) groups excluding carboxylic acids is 1. The first kappa shape index (κ1) is 17.7. The Kier molecular flexibility index (Phi) is 5.01. The largest absolute Gasteiger partial charge is 0.469 e. The SMILES string of the molecule is CCn1c(=O)c(=O)n(CC(=O)NC(C)Cc2ccco2)c2cccnc21. The van der Waals surface area contributed by atoms with Gasteiger partial charge < -0.3 is 9.73 Å². The molecule has 3 heterocycles. The molecule has 8 nitrogen and oxygen atoms in total. The number of hydrogen-bond donors (Lipinski definition) is 1. The minimum absolute atomic E-state index is 0.176. The summed E-state index contributed by atoms with van der Waals surface area (Å²) in [4.78, 5) is 41.3. The normalized spacial score (nSPS) is 12.2. The summed E-state index contributed by atoms with van der Waals surface area (Å²) in [6, 6.07) is 6.78. The molecule has 0 aromatic carbocycles. The van der Waals surface area contributed by atoms with Crippen LogP contribution in [0.4, 0.5) is 0 Å². The van der Waals surface area contributed by atoms with Crippen molar-refractivity contribution in [1.29, 1.82) is 0 Å². The fourth-order valence-corrected chi connectivity index (χ4v) is 2.94. The van der Waals surface area contributed by atoms with Gasteiger partial charge in [-0.15, -0.1) is 0 Å². The molecule has 26 heavy (non-hydrogen) atoms. The van der Waals surface area contributed by atoms with E-state index in [1.54, 1.807) is 37.6 Å². The number of pyridine rings is 1. The summed E-state index contributed by atoms with van der Waals surface area (Å²) < 4.78 is 7.75. The molecule has 8 heteroatoms. The van der Waals surface area contributed by atoms with Crippen LogP contribution in [0.5, 0.6) is 0 Å². The average Bonchev–Trinajstić information content (AvgIpc) is 3.12. The van der Waals surface area contributed by atoms with Crippen LogP contribution in [0, 0.1) is 0 Å². The van der Waals surface area contributed by atoms with Crippen LogP contribution < -0.4 is 16.4 Å². The first-order valence-electron chi connectivity index (χ1n) is 8.41. The Balaban J connectivity index is 1.86. The van der Waals surface area contributed by atoms with Crippen molar-refractivity contribution in [2.45, 2.75) is 39.4 Å². The van der Waals surface area contributed by atoms with Crippen molar-refractivity contribution in [3.63, 3.8) is 0 Å². The first-order chi connectivity index (χ1) is 12.5. The van der Waals surface area contributed by atoms with E-state index in [9.17, 15) is 14.4 Å². The van der Waals surface area contributed by atoms with Crippen molar-refractivity contribution in [3.05, 3.63) is 63.2 Å². The third-order valence-corrected chi connectivity index (χ3v) is 4.10. The van der Waals surface area contributed by atoms with Crippen LogP contribution in [0.1, 0.15) is 19.6 Å². The molecule has 0 radical (unpaired) electrons. The van der Waals surface area contributed by atoms with E-state index in [1.807, 2.05) is 13.0 Å². The molecule has 3 rings (SSSR count). The van der Waals surface area contributed by atoms with Crippen molar-refractivity contribution in [1.82, 2.24) is 19.4 Å². The molecule has 1 N–H and O–H groups in total. The van der Waals surface area contributed by atoms with Crippen LogP contribution >= 0.6 is 0 Å². The summed E-state index contributed by atoms with van der Waals surface area (Å²) in [6.07, 6.45) is 3.66. The van der Waals surface area contributed by atoms with E-state index in [0.29, 0.717) is 24.1 Å². The lowest BCUT2D eigenvalue weighted by atomic mass is 10.2. The number of hydrogen-bond acceptors (Lipinski definition) is 5. The molecular weight excluding hydrogens is 336 g/mol. The van der Waals surface area contributed by atoms with Crippen molar-refractivity contribution >= 4 is 17.1 Å². The van der Waals surface area contributed by atoms with E-state index < -0.39 is 11.1 Å². The molecule has 1 amide bonds. The van der Waals surface area contributed by atoms with Crippen molar-refractivity contribution in [2.24, 2.45) is 0 Å². The monoisotopic (exact) mass is 356 g/mol. The van der Waals surface area contributed by atoms with Crippen molar-refractivity contribution in [3.8, 4) is 0 Å². The number of furan rings is 1. The lowest BCUT2D eigenvalue weighted by Crippen LogP contribution is -2.45. The Morgan fingerprint density at radius 2 is 2.00 bits per heavy atom. The summed E-state index contributed by atoms with van der Waals surface area (Å²) in [5.41, 5.74) is -0.583. The van der Waals surface area contributed by atoms with Gasteiger partial charge in [-0.05, 0) is 38.1 Å². The van der Waals surface area contributed by atoms with Gasteiger partial charge >= 0.3 is 11.1 Å². The maximum absolute atomic E-state index is 12.4. The summed E-state index contributed by atoms with van der Waals surface area (Å²) >= 11 is 0. The highest BCUT2D eigenvalue weighted by Gasteiger charge is 2.16. The molecule has 0 fully saturated rings. The highest BCUT2D eigenvalue weighted by molar-refractivity contribution is 5.79. The lowest BCUT2D eigenvalue weighted by Gasteiger charge is -2.15. The van der Waals surface area contributed by atoms with E-state index in [1.165, 1.54) is 9.13 Å². The summed E-state index contributed by atoms with van der Waals surface area (Å²) in [7, 11) is 0. The molecule has 0 bridgehead atoms. The smallest absolute Gasteiger partial charge is 0.318 e. The number of aryl methyl sites for hydroxylation is 1. The maximum atomic E-state index is 12.4. The van der Waals surface area contributed by atoms with Crippen molar-refractivity contribution in [2.75, 3.05) is 0 Å². The molecule has 0 spiro atoms. The molecule has 3 aromatic rings. The van der Waals surface area contributed by atoms with Gasteiger partial charge in [0.1, 0.15) is 12.3 Å². The molecule has 0 aliphatic heterocycles. The third-order valence-electron chi connectivity index (χ3n) is 4.10. The second-order valence-electron chi connectivity index (χ2n) is 6.04. The predicted molar refractivity (Wildman–Crippen MR) is 96.0 cm³/mol. The summed E-state index contributed by atoms with van der Waals surface area (Å²) in [5.74, 6) is 0.403. The van der Waals surface area contributed by atoms with Gasteiger partial charge in [-0.2, -0.15) is 0 Å². The summed E-state index contributed by atoms with van der Waals surface area (Å²) in [6.45, 7) is 3.69. The van der Waals surface area contributed by atoms with Gasteiger partial charge in [-0.1, -0.05) is 0 Å². The molecule has 0 saturated carbocycles. The van der Waals surface area contributed by atoms with Gasteiger partial charge in [-0.3, -0.25) is 23.5 Å². The van der Waals surface area contributed by atoms with Crippen LogP contribution in [0.3, 0.4) is 0 Å². The first-order valence-corrected chi connectivity index (χ1v) is 8.41. The number of rotatable bonds is 6. The van der Waals surface area contributed by atoms with Crippen LogP contribution in [-0.2, 0) is 24.3 Å². The highest BCUT2D eigenvalue weighted by atomic mass is 16.3. The van der Waals surface area contributed by atoms with Gasteiger partial charge in [0.2, 0.25) is 5.91 Å². The quantitative estimate of drug-likeness (QED) is 0.662. The highest BCUT2D eigenvalue weighted by Crippen LogP contribution is 2.08. The Labute approximate surface area is 149 Å². The van der Waals surface area contributed by atoms with Crippen LogP contribution in [0.2, 0.25) is 0 Å². The average molecular weight is 356 g/mol. The second-order valence-corrected chi connectivity index (χ2v) is 6.04. The molecule has 0 saturated heterocycles. The number of fused-ring (bicyclic) bond motifs is 1. The second kappa shape index (κ2) is 7.38. The Morgan fingerprint density at radius 3 is 2.69 bits per heavy atom. The minimum atomic E-state index is -0.735. The van der Waals surface area contributed by atoms with Gasteiger partial charge in [0.25, 0.3) is 0 Å². The number of nitrogens with zero attached hydrogens (tertiary/aromatic N) is 3. The molecule has 0 aliphatic carbocycles. The van der Waals surface area contributed by atoms with E-state index in [-0.39, 0.29) is 18.5 Å². The van der Waals surface area contributed by atoms with Gasteiger partial charge in [0.15, 0.2) is 5.65 Å². The van der Waals surface area contributed by atoms with Crippen LogP contribution in [0.15, 0.2) is 50.7 Å². The van der Waals surface area contributed by atoms with E-state index in [0.717, 1.165) is 5.76 Å². The van der Waals surface area contributed by atoms with Gasteiger partial charge in [0, 0.05) is 25.2 Å². The molecular formula is C18H20N4O4. The third kappa shape index (κ3) is 3.44. The Morgan fingerprint density at radius 1 is 1.23 bits per heavy atom. The lowest BCUT2D eigenvalue weighted by molar-refractivity contribution is -0.122. The number of carbonyl (C=O) groups is 1. The minimum Gasteiger partial charge on any atom is -0.469 e. The molecule has 0 aliphatic rings. The summed E-state index contributed by atoms with van der Waals surface area (Å²) in [5, 5.41) is 2.82. The van der Waals surface area contributed by atoms with E-state index in [4.69, 9.17) is 4.42 Å². The Hall–Kier alpha value is -3.16.